The molecule has 5 saturated heterocycles. The summed E-state index contributed by atoms with van der Waals surface area (Å²) in [7, 11) is 3.77. The third kappa shape index (κ3) is 20.2. The van der Waals surface area contributed by atoms with Crippen molar-refractivity contribution in [1.82, 2.24) is 75.2 Å². The number of aromatic nitrogens is 8. The molecule has 5 aliphatic rings. The third-order valence-corrected chi connectivity index (χ3v) is 23.8. The maximum absolute atomic E-state index is 15.5. The molecule has 0 saturated carbocycles. The molecule has 27 heteroatoms. The zero-order valence-corrected chi connectivity index (χ0v) is 72.8. The van der Waals surface area contributed by atoms with E-state index in [1.54, 1.807) is 44.4 Å². The number of nitrogens with zero attached hydrogens (tertiary/aromatic N) is 9. The summed E-state index contributed by atoms with van der Waals surface area (Å²) in [5, 5.41) is 10.4. The number of methoxy groups -OCH3 is 3. The predicted octanol–water partition coefficient (Wildman–Crippen LogP) is 19.5. The van der Waals surface area contributed by atoms with Crippen LogP contribution in [-0.2, 0) is 38.2 Å². The highest BCUT2D eigenvalue weighted by Gasteiger charge is 2.46. The number of likely N-dealkylation sites (tertiary alicyclic amines) is 4. The Kier molecular flexibility index (Phi) is 27.8. The lowest BCUT2D eigenvalue weighted by atomic mass is 9.91. The fourth-order valence-corrected chi connectivity index (χ4v) is 17.5. The van der Waals surface area contributed by atoms with Crippen LogP contribution in [0.25, 0.3) is 88.8 Å². The molecule has 7 atom stereocenters. The van der Waals surface area contributed by atoms with E-state index in [0.717, 1.165) is 131 Å². The van der Waals surface area contributed by atoms with Crippen LogP contribution in [0.1, 0.15) is 183 Å². The lowest BCUT2D eigenvalue weighted by Crippen LogP contribution is -2.53. The van der Waals surface area contributed by atoms with Crippen LogP contribution in [0.2, 0.25) is 0 Å². The second-order valence-corrected chi connectivity index (χ2v) is 34.2. The molecule has 6 N–H and O–H groups in total. The highest BCUT2D eigenvalue weighted by atomic mass is 16.8. The fourth-order valence-electron chi connectivity index (χ4n) is 17.5. The van der Waals surface area contributed by atoms with Gasteiger partial charge in [0.2, 0.25) is 5.91 Å². The first-order chi connectivity index (χ1) is 61.2. The van der Waals surface area contributed by atoms with Crippen molar-refractivity contribution in [2.75, 3.05) is 60.7 Å². The molecule has 17 rings (SSSR count). The average molecular weight is 1700 g/mol. The van der Waals surface area contributed by atoms with Gasteiger partial charge in [-0.3, -0.25) is 19.3 Å². The number of nitrogens with one attached hydrogen (secondary N) is 6. The molecule has 7 amide bonds. The van der Waals surface area contributed by atoms with Gasteiger partial charge in [-0.05, 0) is 179 Å². The summed E-state index contributed by atoms with van der Waals surface area (Å²) in [6.45, 7) is 15.8. The fraction of sp³-hybridized carbons (Fsp3) is 0.364. The number of imidazole rings is 4. The van der Waals surface area contributed by atoms with Crippen LogP contribution in [0.15, 0.2) is 207 Å². The minimum absolute atomic E-state index is 0.0214. The molecular formula is C99H111N15O12. The average Bonchev–Trinajstić information content (AvgIpc) is 1.57. The number of hydroxylamine groups is 2. The van der Waals surface area contributed by atoms with Crippen LogP contribution < -0.4 is 10.6 Å². The number of rotatable bonds is 20. The van der Waals surface area contributed by atoms with Gasteiger partial charge in [0.05, 0.1) is 93.1 Å². The van der Waals surface area contributed by atoms with Crippen molar-refractivity contribution in [1.29, 1.82) is 0 Å². The van der Waals surface area contributed by atoms with E-state index < -0.39 is 54.6 Å². The Morgan fingerprint density at radius 1 is 0.397 bits per heavy atom. The zero-order valence-electron chi connectivity index (χ0n) is 72.8. The van der Waals surface area contributed by atoms with Gasteiger partial charge in [0.25, 0.3) is 11.8 Å². The Morgan fingerprint density at radius 3 is 1.08 bits per heavy atom. The second-order valence-electron chi connectivity index (χ2n) is 34.2. The summed E-state index contributed by atoms with van der Waals surface area (Å²) in [6.07, 6.45) is 11.1. The second kappa shape index (κ2) is 40.0. The lowest BCUT2D eigenvalue weighted by molar-refractivity contribution is -0.161. The molecule has 0 bridgehead atoms. The summed E-state index contributed by atoms with van der Waals surface area (Å²) in [4.78, 5) is 144. The van der Waals surface area contributed by atoms with Crippen LogP contribution in [0, 0.1) is 17.8 Å². The molecule has 0 aliphatic carbocycles. The van der Waals surface area contributed by atoms with Gasteiger partial charge >= 0.3 is 24.4 Å². The zero-order chi connectivity index (χ0) is 88.1. The van der Waals surface area contributed by atoms with E-state index in [1.807, 2.05) is 66.7 Å². The first-order valence-corrected chi connectivity index (χ1v) is 43.8. The minimum Gasteiger partial charge on any atom is -0.453 e. The molecule has 0 radical (unpaired) electrons. The third-order valence-electron chi connectivity index (χ3n) is 23.8. The molecule has 8 aromatic carbocycles. The molecule has 9 heterocycles. The Bertz CT molecular complexity index is 5770. The van der Waals surface area contributed by atoms with Gasteiger partial charge in [-0.2, -0.15) is 0 Å². The Labute approximate surface area is 733 Å². The standard InChI is InChI=1S/C91H91N15O12.2C4H10/c1-114-88(110)100-79(60-14-6-4-7-15-60)86(108)103-41-11-19-75(103)82-92-51-70(96-82)58-26-22-56(23-27-58)62-30-32-66-49-68(36-34-64(66)47-62)72-53-94-81(98-72)74-18-10-40-102(74)85(107)78(46-55-38-44-117-45-39-55)106(91(113)116-3)118-90(112)105-43-13-21-77(105)84-95-54-73(99-84)69-37-35-65-48-63(31-33-67(65)50-69)57-24-28-59(29-25-57)71-52-93-83(97-71)76-20-12-42-104(76)87(109)80(101-89(111)115-2)61-16-8-5-9-17-61;2*1-4(2)3/h4-9,14-17,22-37,47-55,74-80H,10-13,18-21,38-46H2,1-3H3,(H,92,96)(H,93,97)(H,94,98)(H,95,99)(H,100,110)(H,101,111);2*4H,1-3H3. The number of amides is 7. The summed E-state index contributed by atoms with van der Waals surface area (Å²) < 4.78 is 20.8. The number of ether oxygens (including phenoxy) is 4. The molecule has 12 aromatic rings. The Morgan fingerprint density at radius 2 is 0.714 bits per heavy atom. The van der Waals surface area contributed by atoms with E-state index in [2.05, 4.69) is 187 Å². The molecule has 0 spiro atoms. The molecule has 654 valence electrons. The lowest BCUT2D eigenvalue weighted by Gasteiger charge is -2.36. The van der Waals surface area contributed by atoms with E-state index in [-0.39, 0.29) is 42.1 Å². The van der Waals surface area contributed by atoms with E-state index in [4.69, 9.17) is 43.7 Å². The molecule has 7 unspecified atom stereocenters. The summed E-state index contributed by atoms with van der Waals surface area (Å²) in [5.74, 6) is 3.32. The van der Waals surface area contributed by atoms with Crippen molar-refractivity contribution in [2.24, 2.45) is 17.8 Å². The van der Waals surface area contributed by atoms with E-state index >= 15 is 4.79 Å². The number of benzene rings is 8. The molecule has 4 aromatic heterocycles. The SMILES string of the molecule is CC(C)C.CC(C)C.COC(=O)NC(C(=O)N1CCCC1c1ncc(-c2ccc(-c3ccc4cc(-c5cnc(C6CCCN6C(=O)ON(C(=O)OC)C(CC6CCOCC6)C(=O)N6CCCC6c6ncc(-c7ccc8cc(-c9ccc(-c%10cnc(C%11CCCN%11C(=O)C(NC(=O)OC)c%11ccccc%11)[nH]%10)cc9)ccc8c7)[nH]6)[nH]5)ccc4c3)cc2)[nH]1)c1ccccc1. The van der Waals surface area contributed by atoms with Gasteiger partial charge < -0.3 is 69.1 Å². The molecule has 27 nitrogen and oxygen atoms in total. The maximum atomic E-state index is 15.5. The van der Waals surface area contributed by atoms with Crippen molar-refractivity contribution in [3.05, 3.63) is 241 Å². The van der Waals surface area contributed by atoms with Crippen molar-refractivity contribution < 1.29 is 57.3 Å². The number of carbonyl (C=O) groups is 7. The van der Waals surface area contributed by atoms with Crippen molar-refractivity contribution >= 4 is 63.6 Å². The minimum atomic E-state index is -1.23. The summed E-state index contributed by atoms with van der Waals surface area (Å²) in [5.41, 5.74) is 12.3. The van der Waals surface area contributed by atoms with E-state index in [0.29, 0.717) is 112 Å². The van der Waals surface area contributed by atoms with Crippen molar-refractivity contribution in [2.45, 2.75) is 154 Å². The number of carbonyl (C=O) groups excluding carboxylic acids is 7. The van der Waals surface area contributed by atoms with Crippen LogP contribution in [0.5, 0.6) is 0 Å². The number of hydrogen-bond acceptors (Lipinski definition) is 16. The van der Waals surface area contributed by atoms with E-state index in [9.17, 15) is 28.8 Å². The monoisotopic (exact) mass is 1700 g/mol. The summed E-state index contributed by atoms with van der Waals surface area (Å²) in [6, 6.07) is 55.4. The number of fused-ring (bicyclic) bond motifs is 2. The quantitative estimate of drug-likeness (QED) is 0.0305. The van der Waals surface area contributed by atoms with Gasteiger partial charge in [0.15, 0.2) is 6.04 Å². The number of hydrogen-bond donors (Lipinski definition) is 6. The molecule has 5 fully saturated rings. The predicted molar refractivity (Wildman–Crippen MR) is 482 cm³/mol. The topological polar surface area (TPSA) is 321 Å². The van der Waals surface area contributed by atoms with E-state index in [1.165, 1.54) is 21.3 Å². The van der Waals surface area contributed by atoms with Gasteiger partial charge in [-0.25, -0.2) is 39.1 Å². The van der Waals surface area contributed by atoms with Gasteiger partial charge in [0.1, 0.15) is 35.4 Å². The van der Waals surface area contributed by atoms with Crippen LogP contribution in [0.4, 0.5) is 19.2 Å². The highest BCUT2D eigenvalue weighted by molar-refractivity contribution is 5.94. The smallest absolute Gasteiger partial charge is 0.443 e. The van der Waals surface area contributed by atoms with Crippen LogP contribution in [-0.4, -0.2) is 173 Å². The van der Waals surface area contributed by atoms with Crippen molar-refractivity contribution in [3.8, 4) is 67.3 Å². The first-order valence-electron chi connectivity index (χ1n) is 43.8. The van der Waals surface area contributed by atoms with Crippen LogP contribution >= 0.6 is 0 Å². The van der Waals surface area contributed by atoms with Crippen LogP contribution in [0.3, 0.4) is 0 Å². The Hall–Kier alpha value is -13.4. The maximum Gasteiger partial charge on any atom is 0.443 e. The molecular weight excluding hydrogens is 1590 g/mol. The number of alkyl carbamates (subject to hydrolysis) is 2. The molecule has 126 heavy (non-hydrogen) atoms. The largest absolute Gasteiger partial charge is 0.453 e. The molecule has 5 aliphatic heterocycles. The normalized spacial score (nSPS) is 17.7. The van der Waals surface area contributed by atoms with Gasteiger partial charge in [-0.15, -0.1) is 5.06 Å². The van der Waals surface area contributed by atoms with Gasteiger partial charge in [-0.1, -0.05) is 199 Å². The number of H-pyrrole nitrogens is 4. The van der Waals surface area contributed by atoms with Gasteiger partial charge in [0, 0.05) is 50.5 Å². The van der Waals surface area contributed by atoms with Crippen molar-refractivity contribution in [3.63, 3.8) is 0 Å². The first kappa shape index (κ1) is 87.5. The Balaban J connectivity index is 0.00000147. The highest BCUT2D eigenvalue weighted by Crippen LogP contribution is 2.42. The number of aromatic amines is 4. The summed E-state index contributed by atoms with van der Waals surface area (Å²) >= 11 is 0.